The van der Waals surface area contributed by atoms with Crippen molar-refractivity contribution in [1.82, 2.24) is 5.32 Å². The summed E-state index contributed by atoms with van der Waals surface area (Å²) in [7, 11) is 1.30. The first-order valence-corrected chi connectivity index (χ1v) is 5.91. The van der Waals surface area contributed by atoms with E-state index in [9.17, 15) is 19.7 Å². The Morgan fingerprint density at radius 3 is 2.68 bits per heavy atom. The van der Waals surface area contributed by atoms with E-state index in [1.54, 1.807) is 6.07 Å². The molecule has 0 atom stereocenters. The van der Waals surface area contributed by atoms with Gasteiger partial charge >= 0.3 is 5.69 Å². The summed E-state index contributed by atoms with van der Waals surface area (Å²) >= 11 is 0.738. The summed E-state index contributed by atoms with van der Waals surface area (Å²) in [4.78, 5) is 32.9. The Kier molecular flexibility index (Phi) is 3.52. The average molecular weight is 280 g/mol. The van der Waals surface area contributed by atoms with Crippen LogP contribution in [0.3, 0.4) is 0 Å². The van der Waals surface area contributed by atoms with Gasteiger partial charge in [0.2, 0.25) is 5.75 Å². The number of para-hydroxylation sites is 1. The van der Waals surface area contributed by atoms with Crippen molar-refractivity contribution in [3.63, 3.8) is 0 Å². The molecule has 19 heavy (non-hydrogen) atoms. The third-order valence-corrected chi connectivity index (χ3v) is 3.16. The summed E-state index contributed by atoms with van der Waals surface area (Å²) in [6, 6.07) is 4.34. The van der Waals surface area contributed by atoms with E-state index in [1.165, 1.54) is 25.3 Å². The Morgan fingerprint density at radius 1 is 1.42 bits per heavy atom. The number of hydrogen-bond donors (Lipinski definition) is 1. The summed E-state index contributed by atoms with van der Waals surface area (Å²) < 4.78 is 5.00. The number of benzene rings is 1. The molecular weight excluding hydrogens is 272 g/mol. The topological polar surface area (TPSA) is 98.5 Å². The molecule has 0 spiro atoms. The van der Waals surface area contributed by atoms with Crippen LogP contribution in [0.15, 0.2) is 23.1 Å². The highest BCUT2D eigenvalue weighted by Gasteiger charge is 2.26. The highest BCUT2D eigenvalue weighted by atomic mass is 32.2. The number of methoxy groups -OCH3 is 1. The number of imide groups is 1. The fourth-order valence-electron chi connectivity index (χ4n) is 1.58. The zero-order valence-electron chi connectivity index (χ0n) is 9.71. The fourth-order valence-corrected chi connectivity index (χ4v) is 2.26. The minimum Gasteiger partial charge on any atom is -0.490 e. The number of carbonyl (C=O) groups is 2. The number of thioether (sulfide) groups is 1. The van der Waals surface area contributed by atoms with E-state index in [-0.39, 0.29) is 16.3 Å². The number of amides is 2. The van der Waals surface area contributed by atoms with Gasteiger partial charge in [0, 0.05) is 11.6 Å². The minimum absolute atomic E-state index is 0.0488. The molecule has 0 bridgehead atoms. The SMILES string of the molecule is COc1c(/C=C2/SC(=O)NC2=O)cccc1[N+](=O)[O-]. The molecular formula is C11H8N2O5S. The molecule has 2 amide bonds. The smallest absolute Gasteiger partial charge is 0.311 e. The molecule has 8 heteroatoms. The molecule has 0 aromatic heterocycles. The number of nitrogens with one attached hydrogen (secondary N) is 1. The van der Waals surface area contributed by atoms with Crippen molar-refractivity contribution in [2.24, 2.45) is 0 Å². The zero-order chi connectivity index (χ0) is 14.0. The summed E-state index contributed by atoms with van der Waals surface area (Å²) in [5.74, 6) is -0.476. The molecule has 1 saturated heterocycles. The molecule has 1 aliphatic heterocycles. The quantitative estimate of drug-likeness (QED) is 0.516. The maximum absolute atomic E-state index is 11.4. The second-order valence-electron chi connectivity index (χ2n) is 3.51. The van der Waals surface area contributed by atoms with Gasteiger partial charge in [0.05, 0.1) is 16.9 Å². The maximum atomic E-state index is 11.4. The molecule has 98 valence electrons. The molecule has 1 heterocycles. The predicted molar refractivity (Wildman–Crippen MR) is 68.8 cm³/mol. The van der Waals surface area contributed by atoms with Gasteiger partial charge in [-0.1, -0.05) is 12.1 Å². The highest BCUT2D eigenvalue weighted by Crippen LogP contribution is 2.34. The average Bonchev–Trinajstić information content (AvgIpc) is 2.67. The van der Waals surface area contributed by atoms with Crippen LogP contribution in [0.4, 0.5) is 10.5 Å². The Labute approximate surface area is 111 Å². The molecule has 0 radical (unpaired) electrons. The number of rotatable bonds is 3. The van der Waals surface area contributed by atoms with Gasteiger partial charge < -0.3 is 4.74 Å². The van der Waals surface area contributed by atoms with Gasteiger partial charge in [-0.25, -0.2) is 0 Å². The Bertz CT molecular complexity index is 611. The molecule has 1 aromatic carbocycles. The number of ether oxygens (including phenoxy) is 1. The third-order valence-electron chi connectivity index (χ3n) is 2.35. The van der Waals surface area contributed by atoms with E-state index in [1.807, 2.05) is 0 Å². The van der Waals surface area contributed by atoms with E-state index in [0.29, 0.717) is 5.56 Å². The molecule has 0 unspecified atom stereocenters. The van der Waals surface area contributed by atoms with Crippen molar-refractivity contribution < 1.29 is 19.2 Å². The lowest BCUT2D eigenvalue weighted by molar-refractivity contribution is -0.385. The third kappa shape index (κ3) is 2.58. The summed E-state index contributed by atoms with van der Waals surface area (Å²) in [5, 5.41) is 12.5. The number of hydrogen-bond acceptors (Lipinski definition) is 6. The largest absolute Gasteiger partial charge is 0.490 e. The number of nitro groups is 1. The van der Waals surface area contributed by atoms with Gasteiger partial charge in [-0.2, -0.15) is 0 Å². The van der Waals surface area contributed by atoms with E-state index < -0.39 is 16.1 Å². The Morgan fingerprint density at radius 2 is 2.16 bits per heavy atom. The zero-order valence-corrected chi connectivity index (χ0v) is 10.5. The lowest BCUT2D eigenvalue weighted by Crippen LogP contribution is -2.17. The van der Waals surface area contributed by atoms with E-state index in [0.717, 1.165) is 11.8 Å². The number of carbonyl (C=O) groups excluding carboxylic acids is 2. The van der Waals surface area contributed by atoms with E-state index in [2.05, 4.69) is 5.32 Å². The molecule has 0 saturated carbocycles. The van der Waals surface area contributed by atoms with Gasteiger partial charge in [-0.3, -0.25) is 25.0 Å². The van der Waals surface area contributed by atoms with Crippen molar-refractivity contribution in [3.05, 3.63) is 38.8 Å². The standard InChI is InChI=1S/C11H8N2O5S/c1-18-9-6(3-2-4-7(9)13(16)17)5-8-10(14)12-11(15)19-8/h2-5H,1H3,(H,12,14,15)/b8-5+. The first-order chi connectivity index (χ1) is 9.02. The van der Waals surface area contributed by atoms with Crippen LogP contribution < -0.4 is 10.1 Å². The fraction of sp³-hybridized carbons (Fsp3) is 0.0909. The normalized spacial score (nSPS) is 16.6. The highest BCUT2D eigenvalue weighted by molar-refractivity contribution is 8.18. The first kappa shape index (κ1) is 13.1. The molecule has 1 aliphatic rings. The van der Waals surface area contributed by atoms with Crippen LogP contribution in [0.25, 0.3) is 6.08 Å². The lowest BCUT2D eigenvalue weighted by Gasteiger charge is -2.05. The molecule has 2 rings (SSSR count). The predicted octanol–water partition coefficient (Wildman–Crippen LogP) is 1.93. The number of nitro benzene ring substituents is 1. The molecule has 1 aromatic rings. The van der Waals surface area contributed by atoms with Gasteiger partial charge in [0.15, 0.2) is 0 Å². The van der Waals surface area contributed by atoms with Gasteiger partial charge in [0.1, 0.15) is 0 Å². The van der Waals surface area contributed by atoms with E-state index >= 15 is 0 Å². The summed E-state index contributed by atoms with van der Waals surface area (Å²) in [6.45, 7) is 0. The van der Waals surface area contributed by atoms with Crippen LogP contribution in [-0.2, 0) is 4.79 Å². The minimum atomic E-state index is -0.576. The van der Waals surface area contributed by atoms with Crippen molar-refractivity contribution in [3.8, 4) is 5.75 Å². The van der Waals surface area contributed by atoms with Crippen LogP contribution in [0.1, 0.15) is 5.56 Å². The van der Waals surface area contributed by atoms with Crippen molar-refractivity contribution in [2.75, 3.05) is 7.11 Å². The van der Waals surface area contributed by atoms with Crippen LogP contribution in [0.2, 0.25) is 0 Å². The molecule has 7 nitrogen and oxygen atoms in total. The second kappa shape index (κ2) is 5.11. The van der Waals surface area contributed by atoms with Crippen molar-refractivity contribution in [1.29, 1.82) is 0 Å². The van der Waals surface area contributed by atoms with E-state index in [4.69, 9.17) is 4.74 Å². The van der Waals surface area contributed by atoms with Crippen LogP contribution in [-0.4, -0.2) is 23.2 Å². The van der Waals surface area contributed by atoms with Gasteiger partial charge in [0.25, 0.3) is 11.1 Å². The van der Waals surface area contributed by atoms with Crippen molar-refractivity contribution in [2.45, 2.75) is 0 Å². The maximum Gasteiger partial charge on any atom is 0.311 e. The Balaban J connectivity index is 2.49. The lowest BCUT2D eigenvalue weighted by atomic mass is 10.1. The first-order valence-electron chi connectivity index (χ1n) is 5.09. The second-order valence-corrected chi connectivity index (χ2v) is 4.52. The van der Waals surface area contributed by atoms with Gasteiger partial charge in [-0.15, -0.1) is 0 Å². The van der Waals surface area contributed by atoms with Crippen LogP contribution >= 0.6 is 11.8 Å². The molecule has 0 aliphatic carbocycles. The molecule has 1 N–H and O–H groups in total. The Hall–Kier alpha value is -2.35. The number of nitrogens with zero attached hydrogens (tertiary/aromatic N) is 1. The molecule has 1 fully saturated rings. The van der Waals surface area contributed by atoms with Gasteiger partial charge in [-0.05, 0) is 17.8 Å². The van der Waals surface area contributed by atoms with Crippen LogP contribution in [0.5, 0.6) is 5.75 Å². The van der Waals surface area contributed by atoms with Crippen LogP contribution in [0, 0.1) is 10.1 Å². The summed E-state index contributed by atoms with van der Waals surface area (Å²) in [5.41, 5.74) is 0.163. The monoisotopic (exact) mass is 280 g/mol. The van der Waals surface area contributed by atoms with Crippen molar-refractivity contribution >= 4 is 34.7 Å². The summed E-state index contributed by atoms with van der Waals surface area (Å²) in [6.07, 6.45) is 1.39.